The highest BCUT2D eigenvalue weighted by atomic mass is 16.5. The van der Waals surface area contributed by atoms with Gasteiger partial charge in [0.1, 0.15) is 0 Å². The van der Waals surface area contributed by atoms with Gasteiger partial charge in [0.05, 0.1) is 6.10 Å². The number of hydrogen-bond acceptors (Lipinski definition) is 1. The van der Waals surface area contributed by atoms with Crippen LogP contribution in [0.1, 0.15) is 26.7 Å². The molecule has 0 amide bonds. The SMILES string of the molecule is C=C(C)/C=C/[C@@H]1C[C@@H](C)CCO1. The molecule has 2 atom stereocenters. The van der Waals surface area contributed by atoms with Crippen molar-refractivity contribution in [2.75, 3.05) is 6.61 Å². The first-order valence-corrected chi connectivity index (χ1v) is 4.64. The Hall–Kier alpha value is -0.560. The van der Waals surface area contributed by atoms with E-state index in [0.29, 0.717) is 6.10 Å². The van der Waals surface area contributed by atoms with Gasteiger partial charge in [-0.1, -0.05) is 31.2 Å². The topological polar surface area (TPSA) is 9.23 Å². The van der Waals surface area contributed by atoms with Crippen LogP contribution in [0.4, 0.5) is 0 Å². The third kappa shape index (κ3) is 3.22. The van der Waals surface area contributed by atoms with Crippen molar-refractivity contribution in [3.05, 3.63) is 24.3 Å². The Morgan fingerprint density at radius 2 is 2.33 bits per heavy atom. The minimum Gasteiger partial charge on any atom is -0.374 e. The Bertz CT molecular complexity index is 181. The Morgan fingerprint density at radius 3 is 2.92 bits per heavy atom. The van der Waals surface area contributed by atoms with E-state index in [9.17, 15) is 0 Å². The van der Waals surface area contributed by atoms with E-state index in [1.54, 1.807) is 0 Å². The predicted octanol–water partition coefficient (Wildman–Crippen LogP) is 2.93. The van der Waals surface area contributed by atoms with Crippen molar-refractivity contribution < 1.29 is 4.74 Å². The molecule has 0 aliphatic carbocycles. The zero-order chi connectivity index (χ0) is 8.97. The zero-order valence-corrected chi connectivity index (χ0v) is 8.05. The second kappa shape index (κ2) is 4.46. The fourth-order valence-corrected chi connectivity index (χ4v) is 1.41. The van der Waals surface area contributed by atoms with Crippen molar-refractivity contribution in [3.8, 4) is 0 Å². The van der Waals surface area contributed by atoms with Gasteiger partial charge in [-0.25, -0.2) is 0 Å². The van der Waals surface area contributed by atoms with E-state index >= 15 is 0 Å². The largest absolute Gasteiger partial charge is 0.374 e. The average Bonchev–Trinajstić information content (AvgIpc) is 2.01. The molecule has 12 heavy (non-hydrogen) atoms. The van der Waals surface area contributed by atoms with Gasteiger partial charge in [0, 0.05) is 6.61 Å². The first-order chi connectivity index (χ1) is 5.68. The molecule has 0 N–H and O–H groups in total. The standard InChI is InChI=1S/C11H18O/c1-9(2)4-5-11-8-10(3)6-7-12-11/h4-5,10-11H,1,6-8H2,2-3H3/b5-4+/t10-,11+/m0/s1. The molecule has 1 heteroatoms. The summed E-state index contributed by atoms with van der Waals surface area (Å²) in [6.45, 7) is 9.01. The molecule has 0 saturated carbocycles. The maximum atomic E-state index is 5.57. The summed E-state index contributed by atoms with van der Waals surface area (Å²) in [5.74, 6) is 0.804. The van der Waals surface area contributed by atoms with Gasteiger partial charge in [0.2, 0.25) is 0 Å². The number of ether oxygens (including phenoxy) is 1. The van der Waals surface area contributed by atoms with Crippen LogP contribution in [-0.4, -0.2) is 12.7 Å². The summed E-state index contributed by atoms with van der Waals surface area (Å²) in [6, 6.07) is 0. The van der Waals surface area contributed by atoms with Crippen LogP contribution in [0.5, 0.6) is 0 Å². The molecule has 1 saturated heterocycles. The molecule has 1 aliphatic heterocycles. The van der Waals surface area contributed by atoms with E-state index in [1.807, 2.05) is 13.0 Å². The summed E-state index contributed by atoms with van der Waals surface area (Å²) >= 11 is 0. The van der Waals surface area contributed by atoms with Gasteiger partial charge in [-0.05, 0) is 25.7 Å². The van der Waals surface area contributed by atoms with E-state index in [-0.39, 0.29) is 0 Å². The molecule has 0 spiro atoms. The van der Waals surface area contributed by atoms with Crippen LogP contribution in [-0.2, 0) is 4.74 Å². The van der Waals surface area contributed by atoms with Gasteiger partial charge in [0.25, 0.3) is 0 Å². The Morgan fingerprint density at radius 1 is 1.58 bits per heavy atom. The van der Waals surface area contributed by atoms with E-state index in [4.69, 9.17) is 4.74 Å². The first-order valence-electron chi connectivity index (χ1n) is 4.64. The van der Waals surface area contributed by atoms with E-state index in [2.05, 4.69) is 19.6 Å². The van der Waals surface area contributed by atoms with Crippen LogP contribution in [0.2, 0.25) is 0 Å². The predicted molar refractivity (Wildman–Crippen MR) is 52.1 cm³/mol. The molecule has 1 nitrogen and oxygen atoms in total. The molecule has 0 unspecified atom stereocenters. The summed E-state index contributed by atoms with van der Waals surface area (Å²) in [5.41, 5.74) is 1.09. The number of allylic oxidation sites excluding steroid dienone is 2. The van der Waals surface area contributed by atoms with Crippen molar-refractivity contribution in [2.24, 2.45) is 5.92 Å². The molecule has 0 aromatic rings. The lowest BCUT2D eigenvalue weighted by Gasteiger charge is -2.24. The van der Waals surface area contributed by atoms with Crippen molar-refractivity contribution in [1.82, 2.24) is 0 Å². The maximum absolute atomic E-state index is 5.57. The molecular weight excluding hydrogens is 148 g/mol. The number of hydrogen-bond donors (Lipinski definition) is 0. The van der Waals surface area contributed by atoms with Gasteiger partial charge < -0.3 is 4.74 Å². The second-order valence-electron chi connectivity index (χ2n) is 3.74. The van der Waals surface area contributed by atoms with Crippen LogP contribution >= 0.6 is 0 Å². The Labute approximate surface area is 75.1 Å². The highest BCUT2D eigenvalue weighted by Gasteiger charge is 2.16. The quantitative estimate of drug-likeness (QED) is 0.573. The van der Waals surface area contributed by atoms with Gasteiger partial charge in [-0.3, -0.25) is 0 Å². The van der Waals surface area contributed by atoms with Gasteiger partial charge in [-0.15, -0.1) is 0 Å². The van der Waals surface area contributed by atoms with E-state index in [1.165, 1.54) is 6.42 Å². The maximum Gasteiger partial charge on any atom is 0.0761 e. The van der Waals surface area contributed by atoms with Crippen LogP contribution in [0.3, 0.4) is 0 Å². The molecule has 1 fully saturated rings. The zero-order valence-electron chi connectivity index (χ0n) is 8.05. The minimum atomic E-state index is 0.324. The fraction of sp³-hybridized carbons (Fsp3) is 0.636. The smallest absolute Gasteiger partial charge is 0.0761 e. The Balaban J connectivity index is 2.36. The lowest BCUT2D eigenvalue weighted by molar-refractivity contribution is 0.0239. The lowest BCUT2D eigenvalue weighted by atomic mass is 9.97. The lowest BCUT2D eigenvalue weighted by Crippen LogP contribution is -2.22. The van der Waals surface area contributed by atoms with E-state index in [0.717, 1.165) is 24.5 Å². The first kappa shape index (κ1) is 9.53. The van der Waals surface area contributed by atoms with Crippen LogP contribution in [0.25, 0.3) is 0 Å². The highest BCUT2D eigenvalue weighted by Crippen LogP contribution is 2.20. The molecule has 1 heterocycles. The molecule has 0 aromatic carbocycles. The summed E-state index contributed by atoms with van der Waals surface area (Å²) in [5, 5.41) is 0. The van der Waals surface area contributed by atoms with Gasteiger partial charge in [-0.2, -0.15) is 0 Å². The Kier molecular flexibility index (Phi) is 3.54. The van der Waals surface area contributed by atoms with E-state index < -0.39 is 0 Å². The molecule has 0 aromatic heterocycles. The number of rotatable bonds is 2. The average molecular weight is 166 g/mol. The van der Waals surface area contributed by atoms with Crippen molar-refractivity contribution in [1.29, 1.82) is 0 Å². The summed E-state index contributed by atoms with van der Waals surface area (Å²) in [6.07, 6.45) is 6.85. The van der Waals surface area contributed by atoms with Crippen LogP contribution in [0.15, 0.2) is 24.3 Å². The molecule has 1 aliphatic rings. The molecule has 0 bridgehead atoms. The molecular formula is C11H18O. The van der Waals surface area contributed by atoms with Crippen LogP contribution in [0, 0.1) is 5.92 Å². The summed E-state index contributed by atoms with van der Waals surface area (Å²) in [4.78, 5) is 0. The summed E-state index contributed by atoms with van der Waals surface area (Å²) in [7, 11) is 0. The molecule has 68 valence electrons. The van der Waals surface area contributed by atoms with Crippen molar-refractivity contribution in [2.45, 2.75) is 32.8 Å². The van der Waals surface area contributed by atoms with Gasteiger partial charge >= 0.3 is 0 Å². The third-order valence-electron chi connectivity index (χ3n) is 2.17. The normalized spacial score (nSPS) is 30.8. The molecule has 0 radical (unpaired) electrons. The van der Waals surface area contributed by atoms with Crippen LogP contribution < -0.4 is 0 Å². The summed E-state index contributed by atoms with van der Waals surface area (Å²) < 4.78 is 5.57. The van der Waals surface area contributed by atoms with Crippen molar-refractivity contribution in [3.63, 3.8) is 0 Å². The minimum absolute atomic E-state index is 0.324. The second-order valence-corrected chi connectivity index (χ2v) is 3.74. The van der Waals surface area contributed by atoms with Crippen molar-refractivity contribution >= 4 is 0 Å². The monoisotopic (exact) mass is 166 g/mol. The highest BCUT2D eigenvalue weighted by molar-refractivity contribution is 5.12. The fourth-order valence-electron chi connectivity index (χ4n) is 1.41. The van der Waals surface area contributed by atoms with Gasteiger partial charge in [0.15, 0.2) is 0 Å². The third-order valence-corrected chi connectivity index (χ3v) is 2.17. The molecule has 1 rings (SSSR count).